The highest BCUT2D eigenvalue weighted by Gasteiger charge is 2.04. The molecule has 2 nitrogen and oxygen atoms in total. The molecule has 2 heteroatoms. The molecule has 84 valence electrons. The third-order valence-electron chi connectivity index (χ3n) is 2.73. The van der Waals surface area contributed by atoms with Crippen molar-refractivity contribution in [2.75, 3.05) is 6.54 Å². The molecule has 1 aromatic rings. The van der Waals surface area contributed by atoms with E-state index in [1.165, 1.54) is 12.0 Å². The second kappa shape index (κ2) is 5.76. The first kappa shape index (κ1) is 12.1. The average Bonchev–Trinajstić information content (AvgIpc) is 2.29. The summed E-state index contributed by atoms with van der Waals surface area (Å²) in [6.45, 7) is 6.96. The van der Waals surface area contributed by atoms with Crippen LogP contribution in [0.15, 0.2) is 24.3 Å². The maximum atomic E-state index is 5.61. The molecular formula is C13H21NO. The molecule has 0 saturated heterocycles. The minimum atomic E-state index is 0.0828. The summed E-state index contributed by atoms with van der Waals surface area (Å²) < 4.78 is 5.61. The van der Waals surface area contributed by atoms with Gasteiger partial charge in [0.25, 0.3) is 0 Å². The Hall–Kier alpha value is -1.02. The van der Waals surface area contributed by atoms with Crippen LogP contribution in [0.25, 0.3) is 0 Å². The van der Waals surface area contributed by atoms with E-state index in [1.54, 1.807) is 0 Å². The number of benzene rings is 1. The molecule has 15 heavy (non-hydrogen) atoms. The van der Waals surface area contributed by atoms with Crippen molar-refractivity contribution in [3.05, 3.63) is 29.8 Å². The summed E-state index contributed by atoms with van der Waals surface area (Å²) in [4.78, 5) is 0. The Balaban J connectivity index is 2.64. The van der Waals surface area contributed by atoms with E-state index in [-0.39, 0.29) is 6.10 Å². The predicted molar refractivity (Wildman–Crippen MR) is 64.3 cm³/mol. The van der Waals surface area contributed by atoms with Crippen molar-refractivity contribution in [2.24, 2.45) is 5.73 Å². The SMILES string of the molecule is CCC(C)c1ccc(OC(C)CN)cc1. The van der Waals surface area contributed by atoms with E-state index >= 15 is 0 Å². The van der Waals surface area contributed by atoms with Crippen LogP contribution < -0.4 is 10.5 Å². The van der Waals surface area contributed by atoms with Gasteiger partial charge in [-0.3, -0.25) is 0 Å². The van der Waals surface area contributed by atoms with E-state index in [1.807, 2.05) is 19.1 Å². The molecule has 0 amide bonds. The van der Waals surface area contributed by atoms with Gasteiger partial charge in [-0.05, 0) is 37.0 Å². The zero-order valence-electron chi connectivity index (χ0n) is 9.86. The average molecular weight is 207 g/mol. The monoisotopic (exact) mass is 207 g/mol. The van der Waals surface area contributed by atoms with Crippen LogP contribution in [-0.2, 0) is 0 Å². The van der Waals surface area contributed by atoms with Crippen LogP contribution in [0, 0.1) is 0 Å². The Morgan fingerprint density at radius 2 is 1.80 bits per heavy atom. The summed E-state index contributed by atoms with van der Waals surface area (Å²) in [5.41, 5.74) is 6.86. The van der Waals surface area contributed by atoms with Crippen molar-refractivity contribution in [3.63, 3.8) is 0 Å². The van der Waals surface area contributed by atoms with Crippen molar-refractivity contribution >= 4 is 0 Å². The van der Waals surface area contributed by atoms with Gasteiger partial charge in [-0.25, -0.2) is 0 Å². The molecule has 2 N–H and O–H groups in total. The summed E-state index contributed by atoms with van der Waals surface area (Å²) in [6, 6.07) is 8.31. The van der Waals surface area contributed by atoms with Gasteiger partial charge < -0.3 is 10.5 Å². The Kier molecular flexibility index (Phi) is 4.63. The molecular weight excluding hydrogens is 186 g/mol. The third-order valence-corrected chi connectivity index (χ3v) is 2.73. The molecule has 2 unspecified atom stereocenters. The van der Waals surface area contributed by atoms with Crippen molar-refractivity contribution in [3.8, 4) is 5.75 Å². The summed E-state index contributed by atoms with van der Waals surface area (Å²) in [5.74, 6) is 1.52. The van der Waals surface area contributed by atoms with Crippen molar-refractivity contribution in [2.45, 2.75) is 39.2 Å². The molecule has 0 aliphatic rings. The lowest BCUT2D eigenvalue weighted by atomic mass is 9.99. The van der Waals surface area contributed by atoms with E-state index in [9.17, 15) is 0 Å². The van der Waals surface area contributed by atoms with Gasteiger partial charge in [-0.15, -0.1) is 0 Å². The van der Waals surface area contributed by atoms with Gasteiger partial charge >= 0.3 is 0 Å². The van der Waals surface area contributed by atoms with E-state index in [0.29, 0.717) is 12.5 Å². The molecule has 0 aliphatic heterocycles. The highest BCUT2D eigenvalue weighted by molar-refractivity contribution is 5.29. The lowest BCUT2D eigenvalue weighted by Gasteiger charge is -2.14. The summed E-state index contributed by atoms with van der Waals surface area (Å²) in [5, 5.41) is 0. The Labute approximate surface area is 92.4 Å². The molecule has 0 saturated carbocycles. The molecule has 0 spiro atoms. The number of ether oxygens (including phenoxy) is 1. The van der Waals surface area contributed by atoms with Gasteiger partial charge in [0.05, 0.1) is 0 Å². The van der Waals surface area contributed by atoms with Crippen LogP contribution in [0.1, 0.15) is 38.7 Å². The molecule has 0 bridgehead atoms. The number of rotatable bonds is 5. The Bertz CT molecular complexity index is 281. The van der Waals surface area contributed by atoms with E-state index in [0.717, 1.165) is 5.75 Å². The zero-order chi connectivity index (χ0) is 11.3. The second-order valence-corrected chi connectivity index (χ2v) is 4.04. The highest BCUT2D eigenvalue weighted by atomic mass is 16.5. The Morgan fingerprint density at radius 1 is 1.20 bits per heavy atom. The highest BCUT2D eigenvalue weighted by Crippen LogP contribution is 2.21. The first-order valence-corrected chi connectivity index (χ1v) is 5.64. The van der Waals surface area contributed by atoms with Gasteiger partial charge in [0.15, 0.2) is 0 Å². The normalized spacial score (nSPS) is 14.7. The smallest absolute Gasteiger partial charge is 0.119 e. The van der Waals surface area contributed by atoms with E-state index in [2.05, 4.69) is 26.0 Å². The molecule has 1 aromatic carbocycles. The molecule has 0 radical (unpaired) electrons. The van der Waals surface area contributed by atoms with Gasteiger partial charge in [-0.2, -0.15) is 0 Å². The van der Waals surface area contributed by atoms with Crippen LogP contribution in [0.5, 0.6) is 5.75 Å². The van der Waals surface area contributed by atoms with Gasteiger partial charge in [0.2, 0.25) is 0 Å². The van der Waals surface area contributed by atoms with Gasteiger partial charge in [0, 0.05) is 6.54 Å². The predicted octanol–water partition coefficient (Wildman–Crippen LogP) is 2.93. The van der Waals surface area contributed by atoms with Crippen molar-refractivity contribution in [1.82, 2.24) is 0 Å². The second-order valence-electron chi connectivity index (χ2n) is 4.04. The van der Waals surface area contributed by atoms with E-state index < -0.39 is 0 Å². The fourth-order valence-electron chi connectivity index (χ4n) is 1.39. The van der Waals surface area contributed by atoms with Crippen molar-refractivity contribution in [1.29, 1.82) is 0 Å². The molecule has 0 heterocycles. The quantitative estimate of drug-likeness (QED) is 0.805. The maximum Gasteiger partial charge on any atom is 0.119 e. The van der Waals surface area contributed by atoms with Gasteiger partial charge in [-0.1, -0.05) is 26.0 Å². The first-order valence-electron chi connectivity index (χ1n) is 5.64. The van der Waals surface area contributed by atoms with Crippen LogP contribution in [0.2, 0.25) is 0 Å². The van der Waals surface area contributed by atoms with Crippen LogP contribution in [-0.4, -0.2) is 12.6 Å². The lowest BCUT2D eigenvalue weighted by Crippen LogP contribution is -2.22. The first-order chi connectivity index (χ1) is 7.17. The fraction of sp³-hybridized carbons (Fsp3) is 0.538. The summed E-state index contributed by atoms with van der Waals surface area (Å²) >= 11 is 0. The van der Waals surface area contributed by atoms with Crippen LogP contribution in [0.3, 0.4) is 0 Å². The number of nitrogens with two attached hydrogens (primary N) is 1. The van der Waals surface area contributed by atoms with Gasteiger partial charge in [0.1, 0.15) is 11.9 Å². The number of hydrogen-bond donors (Lipinski definition) is 1. The van der Waals surface area contributed by atoms with Crippen LogP contribution in [0.4, 0.5) is 0 Å². The molecule has 0 fully saturated rings. The molecule has 1 rings (SSSR count). The topological polar surface area (TPSA) is 35.2 Å². The fourth-order valence-corrected chi connectivity index (χ4v) is 1.39. The standard InChI is InChI=1S/C13H21NO/c1-4-10(2)12-5-7-13(8-6-12)15-11(3)9-14/h5-8,10-11H,4,9,14H2,1-3H3. The lowest BCUT2D eigenvalue weighted by molar-refractivity contribution is 0.230. The minimum Gasteiger partial charge on any atom is -0.489 e. The van der Waals surface area contributed by atoms with Crippen LogP contribution >= 0.6 is 0 Å². The van der Waals surface area contributed by atoms with E-state index in [4.69, 9.17) is 10.5 Å². The largest absolute Gasteiger partial charge is 0.489 e. The Morgan fingerprint density at radius 3 is 2.27 bits per heavy atom. The number of hydrogen-bond acceptors (Lipinski definition) is 2. The molecule has 0 aromatic heterocycles. The third kappa shape index (κ3) is 3.56. The molecule has 0 aliphatic carbocycles. The maximum absolute atomic E-state index is 5.61. The minimum absolute atomic E-state index is 0.0828. The van der Waals surface area contributed by atoms with Crippen molar-refractivity contribution < 1.29 is 4.74 Å². The zero-order valence-corrected chi connectivity index (χ0v) is 9.86. The molecule has 2 atom stereocenters. The summed E-state index contributed by atoms with van der Waals surface area (Å²) in [6.07, 6.45) is 1.25. The summed E-state index contributed by atoms with van der Waals surface area (Å²) in [7, 11) is 0.